The molecule has 0 amide bonds. The third-order valence-electron chi connectivity index (χ3n) is 6.96. The molecule has 33 heavy (non-hydrogen) atoms. The second-order valence-electron chi connectivity index (χ2n) is 9.79. The fourth-order valence-electron chi connectivity index (χ4n) is 4.18. The largest absolute Gasteiger partial charge is 0.494 e. The van der Waals surface area contributed by atoms with Gasteiger partial charge >= 0.3 is 7.12 Å². The summed E-state index contributed by atoms with van der Waals surface area (Å²) >= 11 is 1.65. The Bertz CT molecular complexity index is 1240. The lowest BCUT2D eigenvalue weighted by Gasteiger charge is -2.32. The quantitative estimate of drug-likeness (QED) is 0.176. The first-order valence-corrected chi connectivity index (χ1v) is 14.5. The zero-order valence-corrected chi connectivity index (χ0v) is 21.5. The van der Waals surface area contributed by atoms with Crippen LogP contribution in [-0.4, -0.2) is 25.0 Å². The number of hydrogen-bond donors (Lipinski definition) is 0. The molecule has 1 saturated heterocycles. The second kappa shape index (κ2) is 8.33. The van der Waals surface area contributed by atoms with E-state index in [1.54, 1.807) is 11.6 Å². The normalized spacial score (nSPS) is 18.8. The summed E-state index contributed by atoms with van der Waals surface area (Å²) in [6.45, 7) is 10.3. The van der Waals surface area contributed by atoms with Crippen LogP contribution in [0.1, 0.15) is 38.8 Å². The van der Waals surface area contributed by atoms with Crippen LogP contribution in [0.2, 0.25) is 0 Å². The van der Waals surface area contributed by atoms with Crippen molar-refractivity contribution in [1.82, 2.24) is 0 Å². The minimum atomic E-state index is -0.678. The summed E-state index contributed by atoms with van der Waals surface area (Å²) in [7, 11) is -0.990. The lowest BCUT2D eigenvalue weighted by molar-refractivity contribution is 0.00578. The minimum absolute atomic E-state index is 0.312. The Morgan fingerprint density at radius 2 is 1.58 bits per heavy atom. The number of hydrogen-bond acceptors (Lipinski definition) is 5. The summed E-state index contributed by atoms with van der Waals surface area (Å²) in [4.78, 5) is 0. The summed E-state index contributed by atoms with van der Waals surface area (Å²) < 4.78 is 14.5. The Hall–Kier alpha value is -2.03. The van der Waals surface area contributed by atoms with Gasteiger partial charge in [-0.25, -0.2) is 0 Å². The summed E-state index contributed by atoms with van der Waals surface area (Å²) in [6.07, 6.45) is 1.99. The molecule has 3 aromatic rings. The van der Waals surface area contributed by atoms with Crippen LogP contribution in [0.3, 0.4) is 0 Å². The summed E-state index contributed by atoms with van der Waals surface area (Å²) in [5, 5.41) is 11.7. The standard InChI is InChI=1S/C26H28BN2O2PS/c1-25(2)26(3,4)31-27(30-25)21-12-8-18(9-13-21)6-7-19-10-14-22-20(16-19)11-15-23-24(22)29(23)33-32(5)17-28/h8-16H,6-7H2,1-5H3. The molecular formula is C26H28BN2O2PS. The summed E-state index contributed by atoms with van der Waals surface area (Å²) in [5.41, 5.74) is 5.59. The first-order chi connectivity index (χ1) is 15.7. The van der Waals surface area contributed by atoms with Gasteiger partial charge in [-0.2, -0.15) is 5.26 Å². The maximum atomic E-state index is 9.12. The van der Waals surface area contributed by atoms with E-state index < -0.39 is 7.12 Å². The molecule has 1 unspecified atom stereocenters. The van der Waals surface area contributed by atoms with Crippen molar-refractivity contribution >= 4 is 53.4 Å². The SMILES string of the molecule is CP(C#N)SN1c2ccc3cc(CCc4ccc(B5OC(C)(C)C(C)(C)O5)cc4)ccc3c21. The molecule has 0 radical (unpaired) electrons. The third-order valence-corrected chi connectivity index (χ3v) is 9.50. The number of nitrogens with zero attached hydrogens (tertiary/aromatic N) is 2. The Kier molecular flexibility index (Phi) is 5.74. The van der Waals surface area contributed by atoms with Gasteiger partial charge in [0.1, 0.15) is 5.81 Å². The Morgan fingerprint density at radius 3 is 2.24 bits per heavy atom. The van der Waals surface area contributed by atoms with Crippen LogP contribution < -0.4 is 9.77 Å². The Labute approximate surface area is 202 Å². The molecule has 7 heteroatoms. The van der Waals surface area contributed by atoms with Gasteiger partial charge in [0.25, 0.3) is 0 Å². The molecule has 0 aromatic heterocycles. The van der Waals surface area contributed by atoms with Crippen molar-refractivity contribution in [3.05, 3.63) is 65.7 Å². The van der Waals surface area contributed by atoms with E-state index in [0.717, 1.165) is 18.3 Å². The molecule has 1 atom stereocenters. The maximum absolute atomic E-state index is 9.12. The number of fused-ring (bicyclic) bond motifs is 3. The van der Waals surface area contributed by atoms with E-state index in [1.807, 2.05) is 6.66 Å². The molecule has 0 aliphatic carbocycles. The van der Waals surface area contributed by atoms with E-state index in [2.05, 4.69) is 92.4 Å². The zero-order chi connectivity index (χ0) is 23.4. The first-order valence-electron chi connectivity index (χ1n) is 11.3. The monoisotopic (exact) mass is 474 g/mol. The van der Waals surface area contributed by atoms with Crippen LogP contribution in [0.15, 0.2) is 54.6 Å². The topological polar surface area (TPSA) is 45.3 Å². The predicted octanol–water partition coefficient (Wildman–Crippen LogP) is 6.53. The number of benzene rings is 3. The fourth-order valence-corrected chi connectivity index (χ4v) is 6.28. The van der Waals surface area contributed by atoms with Gasteiger partial charge in [0.15, 0.2) is 0 Å². The van der Waals surface area contributed by atoms with Gasteiger partial charge in [-0.1, -0.05) is 48.5 Å². The van der Waals surface area contributed by atoms with Crippen LogP contribution >= 0.6 is 18.7 Å². The number of rotatable bonds is 6. The van der Waals surface area contributed by atoms with Crippen LogP contribution in [0.4, 0.5) is 11.4 Å². The molecule has 2 aliphatic rings. The van der Waals surface area contributed by atoms with Gasteiger partial charge in [-0.3, -0.25) is 4.31 Å². The van der Waals surface area contributed by atoms with Gasteiger partial charge in [0, 0.05) is 5.39 Å². The second-order valence-corrected chi connectivity index (χ2v) is 13.6. The minimum Gasteiger partial charge on any atom is -0.399 e. The zero-order valence-electron chi connectivity index (χ0n) is 19.8. The molecular weight excluding hydrogens is 446 g/mol. The molecule has 0 N–H and O–H groups in total. The van der Waals surface area contributed by atoms with Gasteiger partial charge in [0.05, 0.1) is 29.7 Å². The van der Waals surface area contributed by atoms with Gasteiger partial charge in [-0.05, 0) is 86.8 Å². The van der Waals surface area contributed by atoms with E-state index in [9.17, 15) is 0 Å². The Balaban J connectivity index is 1.23. The first kappa shape index (κ1) is 22.8. The third kappa shape index (κ3) is 4.29. The predicted molar refractivity (Wildman–Crippen MR) is 142 cm³/mol. The van der Waals surface area contributed by atoms with Crippen molar-refractivity contribution in [2.45, 2.75) is 51.7 Å². The molecule has 4 nitrogen and oxygen atoms in total. The highest BCUT2D eigenvalue weighted by atomic mass is 32.7. The molecule has 1 fully saturated rings. The molecule has 168 valence electrons. The average Bonchev–Trinajstić information content (AvgIpc) is 3.43. The van der Waals surface area contributed by atoms with Crippen LogP contribution in [0.25, 0.3) is 10.8 Å². The molecule has 0 spiro atoms. The highest BCUT2D eigenvalue weighted by molar-refractivity contribution is 8.57. The van der Waals surface area contributed by atoms with Crippen LogP contribution in [0.5, 0.6) is 0 Å². The van der Waals surface area contributed by atoms with Gasteiger partial charge < -0.3 is 9.31 Å². The van der Waals surface area contributed by atoms with Crippen LogP contribution in [-0.2, 0) is 22.2 Å². The van der Waals surface area contributed by atoms with Gasteiger partial charge in [0.2, 0.25) is 0 Å². The highest BCUT2D eigenvalue weighted by Crippen LogP contribution is 2.64. The molecule has 0 saturated carbocycles. The van der Waals surface area contributed by atoms with Crippen molar-refractivity contribution in [1.29, 1.82) is 5.26 Å². The molecule has 3 aromatic carbocycles. The highest BCUT2D eigenvalue weighted by Gasteiger charge is 2.51. The molecule has 2 heterocycles. The molecule has 0 bridgehead atoms. The van der Waals surface area contributed by atoms with Crippen molar-refractivity contribution in [3.8, 4) is 5.81 Å². The fraction of sp³-hybridized carbons (Fsp3) is 0.346. The van der Waals surface area contributed by atoms with Gasteiger partial charge in [-0.15, -0.1) is 0 Å². The van der Waals surface area contributed by atoms with E-state index in [4.69, 9.17) is 14.6 Å². The van der Waals surface area contributed by atoms with Crippen molar-refractivity contribution in [2.75, 3.05) is 11.0 Å². The maximum Gasteiger partial charge on any atom is 0.494 e. The smallest absolute Gasteiger partial charge is 0.399 e. The van der Waals surface area contributed by atoms with E-state index in [0.29, 0.717) is 0 Å². The van der Waals surface area contributed by atoms with E-state index in [1.165, 1.54) is 33.3 Å². The number of anilines is 2. The van der Waals surface area contributed by atoms with Crippen molar-refractivity contribution < 1.29 is 9.31 Å². The van der Waals surface area contributed by atoms with Crippen molar-refractivity contribution in [2.24, 2.45) is 0 Å². The molecule has 2 aliphatic heterocycles. The number of nitriles is 1. The van der Waals surface area contributed by atoms with Crippen molar-refractivity contribution in [3.63, 3.8) is 0 Å². The lowest BCUT2D eigenvalue weighted by atomic mass is 9.78. The van der Waals surface area contributed by atoms with E-state index in [-0.39, 0.29) is 18.3 Å². The lowest BCUT2D eigenvalue weighted by Crippen LogP contribution is -2.41. The average molecular weight is 474 g/mol. The van der Waals surface area contributed by atoms with E-state index >= 15 is 0 Å². The number of aryl methyl sites for hydroxylation is 2. The summed E-state index contributed by atoms with van der Waals surface area (Å²) in [5.74, 6) is 2.36. The molecule has 5 rings (SSSR count). The van der Waals surface area contributed by atoms with Crippen LogP contribution in [0, 0.1) is 11.1 Å². The Morgan fingerprint density at radius 1 is 0.939 bits per heavy atom. The summed E-state index contributed by atoms with van der Waals surface area (Å²) in [6, 6.07) is 19.8.